The molecule has 0 bridgehead atoms. The number of carbonyl (C=O) groups is 1. The van der Waals surface area contributed by atoms with Gasteiger partial charge in [0, 0.05) is 12.8 Å². The lowest BCUT2D eigenvalue weighted by Crippen LogP contribution is -2.18. The normalized spacial score (nSPS) is 11.0. The molecule has 0 fully saturated rings. The molecule has 0 aliphatic heterocycles. The minimum Gasteiger partial charge on any atom is -0.497 e. The van der Waals surface area contributed by atoms with Crippen LogP contribution >= 0.6 is 11.6 Å². The fourth-order valence-electron chi connectivity index (χ4n) is 3.31. The van der Waals surface area contributed by atoms with Gasteiger partial charge in [-0.1, -0.05) is 23.7 Å². The van der Waals surface area contributed by atoms with E-state index in [9.17, 15) is 9.18 Å². The third-order valence-electron chi connectivity index (χ3n) is 4.89. The Bertz CT molecular complexity index is 1310. The molecule has 8 nitrogen and oxygen atoms in total. The van der Waals surface area contributed by atoms with Crippen LogP contribution in [0.4, 0.5) is 10.1 Å². The minimum absolute atomic E-state index is 0.0747. The molecule has 164 valence electrons. The van der Waals surface area contributed by atoms with E-state index < -0.39 is 11.7 Å². The number of rotatable bonds is 6. The lowest BCUT2D eigenvalue weighted by molar-refractivity contribution is 0.102. The van der Waals surface area contributed by atoms with Crippen LogP contribution in [0.15, 0.2) is 42.5 Å². The highest BCUT2D eigenvalue weighted by Gasteiger charge is 2.22. The molecule has 0 aliphatic rings. The highest BCUT2D eigenvalue weighted by Crippen LogP contribution is 2.30. The molecule has 1 amide bonds. The summed E-state index contributed by atoms with van der Waals surface area (Å²) in [6.45, 7) is 1.97. The number of halogens is 2. The first-order valence-electron chi connectivity index (χ1n) is 9.57. The van der Waals surface area contributed by atoms with Crippen molar-refractivity contribution in [1.29, 1.82) is 0 Å². The quantitative estimate of drug-likeness (QED) is 0.466. The molecule has 32 heavy (non-hydrogen) atoms. The van der Waals surface area contributed by atoms with Crippen molar-refractivity contribution in [1.82, 2.24) is 19.8 Å². The van der Waals surface area contributed by atoms with Gasteiger partial charge in [-0.25, -0.2) is 8.91 Å². The Balaban J connectivity index is 1.76. The summed E-state index contributed by atoms with van der Waals surface area (Å²) in [6, 6.07) is 11.4. The first-order valence-corrected chi connectivity index (χ1v) is 9.95. The van der Waals surface area contributed by atoms with Gasteiger partial charge < -0.3 is 14.8 Å². The fraction of sp³-hybridized carbons (Fsp3) is 0.182. The third-order valence-corrected chi connectivity index (χ3v) is 5.18. The second-order valence-electron chi connectivity index (χ2n) is 6.94. The SMILES string of the molecule is COCc1nn2c(C)c(C(=O)Nc3ccc(F)c(Cl)c3)nnc2c1-c1ccc(OC)cc1. The number of ether oxygens (including phenoxy) is 2. The summed E-state index contributed by atoms with van der Waals surface area (Å²) in [6.07, 6.45) is 0. The van der Waals surface area contributed by atoms with Gasteiger partial charge in [0.25, 0.3) is 5.91 Å². The zero-order valence-corrected chi connectivity index (χ0v) is 18.3. The van der Waals surface area contributed by atoms with Crippen molar-refractivity contribution in [3.8, 4) is 16.9 Å². The average molecular weight is 456 g/mol. The van der Waals surface area contributed by atoms with E-state index in [2.05, 4.69) is 20.6 Å². The molecule has 2 aromatic heterocycles. The van der Waals surface area contributed by atoms with Crippen molar-refractivity contribution in [3.05, 3.63) is 70.4 Å². The Kier molecular flexibility index (Phi) is 6.02. The molecular formula is C22H19ClFN5O3. The van der Waals surface area contributed by atoms with Gasteiger partial charge in [-0.05, 0) is 42.8 Å². The maximum atomic E-state index is 13.4. The minimum atomic E-state index is -0.574. The molecule has 0 aliphatic carbocycles. The highest BCUT2D eigenvalue weighted by molar-refractivity contribution is 6.31. The summed E-state index contributed by atoms with van der Waals surface area (Å²) < 4.78 is 25.5. The summed E-state index contributed by atoms with van der Waals surface area (Å²) in [5.41, 5.74) is 3.65. The van der Waals surface area contributed by atoms with Crippen molar-refractivity contribution in [2.24, 2.45) is 0 Å². The number of benzene rings is 2. The van der Waals surface area contributed by atoms with Gasteiger partial charge >= 0.3 is 0 Å². The van der Waals surface area contributed by atoms with Crippen molar-refractivity contribution in [2.75, 3.05) is 19.5 Å². The van der Waals surface area contributed by atoms with Crippen LogP contribution in [0.25, 0.3) is 16.8 Å². The third kappa shape index (κ3) is 4.00. The van der Waals surface area contributed by atoms with E-state index in [4.69, 9.17) is 21.1 Å². The van der Waals surface area contributed by atoms with Crippen molar-refractivity contribution < 1.29 is 18.7 Å². The molecule has 2 heterocycles. The molecule has 4 rings (SSSR count). The fourth-order valence-corrected chi connectivity index (χ4v) is 3.49. The Hall–Kier alpha value is -3.56. The van der Waals surface area contributed by atoms with Gasteiger partial charge in [0.05, 0.1) is 35.7 Å². The van der Waals surface area contributed by atoms with E-state index in [1.54, 1.807) is 25.7 Å². The number of fused-ring (bicyclic) bond motifs is 1. The highest BCUT2D eigenvalue weighted by atomic mass is 35.5. The number of aromatic nitrogens is 4. The van der Waals surface area contributed by atoms with Crippen LogP contribution in [0.2, 0.25) is 5.02 Å². The molecule has 0 saturated heterocycles. The molecule has 2 aromatic carbocycles. The van der Waals surface area contributed by atoms with Gasteiger partial charge in [-0.3, -0.25) is 4.79 Å². The van der Waals surface area contributed by atoms with Gasteiger partial charge in [-0.2, -0.15) is 5.10 Å². The maximum absolute atomic E-state index is 13.4. The first-order chi connectivity index (χ1) is 15.4. The Labute approximate surface area is 187 Å². The smallest absolute Gasteiger partial charge is 0.278 e. The predicted molar refractivity (Wildman–Crippen MR) is 118 cm³/mol. The van der Waals surface area contributed by atoms with Crippen molar-refractivity contribution in [3.63, 3.8) is 0 Å². The number of methoxy groups -OCH3 is 2. The average Bonchev–Trinajstić information content (AvgIpc) is 3.16. The molecule has 0 unspecified atom stereocenters. The number of hydrogen-bond acceptors (Lipinski definition) is 6. The molecule has 0 radical (unpaired) electrons. The summed E-state index contributed by atoms with van der Waals surface area (Å²) in [4.78, 5) is 12.8. The van der Waals surface area contributed by atoms with Crippen LogP contribution in [0.5, 0.6) is 5.75 Å². The molecular weight excluding hydrogens is 437 g/mol. The Morgan fingerprint density at radius 2 is 1.91 bits per heavy atom. The number of hydrogen-bond donors (Lipinski definition) is 1. The Morgan fingerprint density at radius 1 is 1.16 bits per heavy atom. The number of nitrogens with one attached hydrogen (secondary N) is 1. The molecule has 1 N–H and O–H groups in total. The summed E-state index contributed by atoms with van der Waals surface area (Å²) >= 11 is 5.79. The lowest BCUT2D eigenvalue weighted by atomic mass is 10.1. The molecule has 0 saturated carbocycles. The Morgan fingerprint density at radius 3 is 2.56 bits per heavy atom. The number of aryl methyl sites for hydroxylation is 1. The molecule has 0 spiro atoms. The van der Waals surface area contributed by atoms with E-state index in [0.29, 0.717) is 22.7 Å². The standard InChI is InChI=1S/C22H19ClFN5O3/c1-12-20(22(30)25-14-6-9-17(24)16(23)10-14)26-27-21-19(18(11-31-2)28-29(12)21)13-4-7-15(32-3)8-5-13/h4-10H,11H2,1-3H3,(H,25,30). The molecule has 0 atom stereocenters. The summed E-state index contributed by atoms with van der Waals surface area (Å²) in [5, 5.41) is 15.6. The number of anilines is 1. The van der Waals surface area contributed by atoms with E-state index in [1.807, 2.05) is 24.3 Å². The monoisotopic (exact) mass is 455 g/mol. The van der Waals surface area contributed by atoms with E-state index in [0.717, 1.165) is 16.9 Å². The van der Waals surface area contributed by atoms with Crippen LogP contribution in [0.3, 0.4) is 0 Å². The van der Waals surface area contributed by atoms with Gasteiger partial charge in [0.1, 0.15) is 11.6 Å². The van der Waals surface area contributed by atoms with Crippen LogP contribution in [0.1, 0.15) is 21.9 Å². The maximum Gasteiger partial charge on any atom is 0.278 e. The first kappa shape index (κ1) is 21.7. The zero-order chi connectivity index (χ0) is 22.8. The zero-order valence-electron chi connectivity index (χ0n) is 17.5. The van der Waals surface area contributed by atoms with Crippen LogP contribution < -0.4 is 10.1 Å². The largest absolute Gasteiger partial charge is 0.497 e. The van der Waals surface area contributed by atoms with Gasteiger partial charge in [0.2, 0.25) is 0 Å². The van der Waals surface area contributed by atoms with Crippen molar-refractivity contribution >= 4 is 28.8 Å². The van der Waals surface area contributed by atoms with Gasteiger partial charge in [-0.15, -0.1) is 10.2 Å². The van der Waals surface area contributed by atoms with Crippen LogP contribution in [-0.4, -0.2) is 39.9 Å². The molecule has 4 aromatic rings. The van der Waals surface area contributed by atoms with E-state index in [-0.39, 0.29) is 17.3 Å². The number of amides is 1. The lowest BCUT2D eigenvalue weighted by Gasteiger charge is -2.08. The number of nitrogens with zero attached hydrogens (tertiary/aromatic N) is 4. The second kappa shape index (κ2) is 8.89. The van der Waals surface area contributed by atoms with Crippen molar-refractivity contribution in [2.45, 2.75) is 13.5 Å². The predicted octanol–water partition coefficient (Wildman–Crippen LogP) is 4.30. The van der Waals surface area contributed by atoms with Gasteiger partial charge in [0.15, 0.2) is 11.3 Å². The van der Waals surface area contributed by atoms with Crippen LogP contribution in [0, 0.1) is 12.7 Å². The number of carbonyl (C=O) groups excluding carboxylic acids is 1. The summed E-state index contributed by atoms with van der Waals surface area (Å²) in [5.74, 6) is -0.370. The van der Waals surface area contributed by atoms with E-state index >= 15 is 0 Å². The van der Waals surface area contributed by atoms with E-state index in [1.165, 1.54) is 18.2 Å². The van der Waals surface area contributed by atoms with Crippen LogP contribution in [-0.2, 0) is 11.3 Å². The molecule has 10 heteroatoms. The second-order valence-corrected chi connectivity index (χ2v) is 7.34. The summed E-state index contributed by atoms with van der Waals surface area (Å²) in [7, 11) is 3.18. The topological polar surface area (TPSA) is 90.6 Å².